The Morgan fingerprint density at radius 3 is 2.73 bits per heavy atom. The molecule has 0 bridgehead atoms. The summed E-state index contributed by atoms with van der Waals surface area (Å²) >= 11 is 0. The summed E-state index contributed by atoms with van der Waals surface area (Å²) in [7, 11) is -1.30. The molecule has 0 radical (unpaired) electrons. The van der Waals surface area contributed by atoms with Crippen molar-refractivity contribution in [2.24, 2.45) is 0 Å². The Balaban J connectivity index is 1.59. The van der Waals surface area contributed by atoms with Gasteiger partial charge in [0.15, 0.2) is 0 Å². The Hall–Kier alpha value is -3.40. The molecule has 1 aliphatic heterocycles. The number of benzene rings is 1. The quantitative estimate of drug-likeness (QED) is 0.621. The van der Waals surface area contributed by atoms with Crippen LogP contribution in [0.1, 0.15) is 17.3 Å². The normalized spacial score (nSPS) is 18.7. The van der Waals surface area contributed by atoms with Gasteiger partial charge in [0.1, 0.15) is 12.4 Å². The van der Waals surface area contributed by atoms with E-state index in [1.807, 2.05) is 6.92 Å². The SMILES string of the molecule is CC1CS(=O)C(COc2ccc(F)cn2)=CN1C(=O)c1ccccc1-n1nccn1. The van der Waals surface area contributed by atoms with Crippen LogP contribution in [-0.2, 0) is 10.8 Å². The van der Waals surface area contributed by atoms with Crippen LogP contribution in [0.2, 0.25) is 0 Å². The van der Waals surface area contributed by atoms with Crippen LogP contribution >= 0.6 is 0 Å². The number of rotatable bonds is 5. The zero-order chi connectivity index (χ0) is 21.1. The second-order valence-electron chi connectivity index (χ2n) is 6.61. The molecule has 2 unspecified atom stereocenters. The molecule has 2 aromatic heterocycles. The lowest BCUT2D eigenvalue weighted by molar-refractivity contribution is 0.0786. The van der Waals surface area contributed by atoms with Crippen LogP contribution in [0.15, 0.2) is 66.1 Å². The number of para-hydroxylation sites is 1. The number of ether oxygens (including phenoxy) is 1. The van der Waals surface area contributed by atoms with Crippen molar-refractivity contribution in [2.45, 2.75) is 13.0 Å². The van der Waals surface area contributed by atoms with E-state index in [0.717, 1.165) is 6.20 Å². The van der Waals surface area contributed by atoms with Crippen molar-refractivity contribution >= 4 is 16.7 Å². The van der Waals surface area contributed by atoms with Crippen molar-refractivity contribution < 1.29 is 18.1 Å². The van der Waals surface area contributed by atoms with Gasteiger partial charge in [0.05, 0.1) is 45.5 Å². The summed E-state index contributed by atoms with van der Waals surface area (Å²) in [4.78, 5) is 20.5. The van der Waals surface area contributed by atoms with Gasteiger partial charge in [-0.05, 0) is 25.1 Å². The molecule has 0 saturated heterocycles. The third-order valence-electron chi connectivity index (χ3n) is 4.51. The minimum Gasteiger partial charge on any atom is -0.472 e. The second-order valence-corrected chi connectivity index (χ2v) is 8.16. The molecule has 1 aromatic carbocycles. The summed E-state index contributed by atoms with van der Waals surface area (Å²) in [6, 6.07) is 9.37. The van der Waals surface area contributed by atoms with E-state index in [4.69, 9.17) is 4.74 Å². The summed E-state index contributed by atoms with van der Waals surface area (Å²) in [5.74, 6) is -0.246. The van der Waals surface area contributed by atoms with E-state index in [0.29, 0.717) is 16.2 Å². The highest BCUT2D eigenvalue weighted by atomic mass is 32.2. The lowest BCUT2D eigenvalue weighted by atomic mass is 10.1. The van der Waals surface area contributed by atoms with E-state index in [2.05, 4.69) is 15.2 Å². The first-order valence-electron chi connectivity index (χ1n) is 9.15. The number of carbonyl (C=O) groups is 1. The van der Waals surface area contributed by atoms with Crippen molar-refractivity contribution in [1.82, 2.24) is 24.9 Å². The summed E-state index contributed by atoms with van der Waals surface area (Å²) in [5, 5.41) is 8.21. The Bertz CT molecular complexity index is 1100. The third kappa shape index (κ3) is 4.13. The molecular formula is C20H18FN5O3S. The van der Waals surface area contributed by atoms with E-state index >= 15 is 0 Å². The zero-order valence-electron chi connectivity index (χ0n) is 16.0. The topological polar surface area (TPSA) is 90.2 Å². The van der Waals surface area contributed by atoms with Crippen molar-refractivity contribution in [2.75, 3.05) is 12.4 Å². The van der Waals surface area contributed by atoms with Crippen LogP contribution in [0.3, 0.4) is 0 Å². The number of halogens is 1. The molecule has 1 aliphatic rings. The summed E-state index contributed by atoms with van der Waals surface area (Å²) in [5.41, 5.74) is 0.970. The van der Waals surface area contributed by atoms with Gasteiger partial charge < -0.3 is 9.64 Å². The summed E-state index contributed by atoms with van der Waals surface area (Å²) in [6.45, 7) is 1.81. The van der Waals surface area contributed by atoms with Gasteiger partial charge >= 0.3 is 0 Å². The Kier molecular flexibility index (Phi) is 5.66. The van der Waals surface area contributed by atoms with Crippen LogP contribution in [0.5, 0.6) is 5.88 Å². The number of pyridine rings is 1. The van der Waals surface area contributed by atoms with E-state index < -0.39 is 16.6 Å². The Labute approximate surface area is 174 Å². The van der Waals surface area contributed by atoms with Crippen LogP contribution < -0.4 is 4.74 Å². The molecule has 0 N–H and O–H groups in total. The van der Waals surface area contributed by atoms with Crippen LogP contribution in [0.25, 0.3) is 5.69 Å². The van der Waals surface area contributed by atoms with Gasteiger partial charge in [-0.1, -0.05) is 12.1 Å². The number of amides is 1. The lowest BCUT2D eigenvalue weighted by Gasteiger charge is -2.31. The minimum atomic E-state index is -1.30. The molecular weight excluding hydrogens is 409 g/mol. The molecule has 0 spiro atoms. The van der Waals surface area contributed by atoms with E-state index in [9.17, 15) is 13.4 Å². The first kappa shape index (κ1) is 19.9. The maximum atomic E-state index is 13.3. The predicted molar refractivity (Wildman–Crippen MR) is 108 cm³/mol. The number of hydrogen-bond acceptors (Lipinski definition) is 6. The van der Waals surface area contributed by atoms with Crippen LogP contribution in [-0.4, -0.2) is 53.4 Å². The highest BCUT2D eigenvalue weighted by Gasteiger charge is 2.30. The average Bonchev–Trinajstić information content (AvgIpc) is 3.29. The number of carbonyl (C=O) groups excluding carboxylic acids is 1. The Morgan fingerprint density at radius 2 is 2.00 bits per heavy atom. The van der Waals surface area contributed by atoms with Gasteiger partial charge in [-0.15, -0.1) is 0 Å². The van der Waals surface area contributed by atoms with Gasteiger partial charge in [0, 0.05) is 24.1 Å². The maximum Gasteiger partial charge on any atom is 0.260 e. The van der Waals surface area contributed by atoms with Gasteiger partial charge in [0.2, 0.25) is 5.88 Å². The van der Waals surface area contributed by atoms with E-state index in [1.54, 1.807) is 35.4 Å². The first-order valence-corrected chi connectivity index (χ1v) is 10.5. The maximum absolute atomic E-state index is 13.3. The van der Waals surface area contributed by atoms with E-state index in [-0.39, 0.29) is 30.2 Å². The fraction of sp³-hybridized carbons (Fsp3) is 0.200. The summed E-state index contributed by atoms with van der Waals surface area (Å²) in [6.07, 6.45) is 5.67. The number of nitrogens with zero attached hydrogens (tertiary/aromatic N) is 5. The average molecular weight is 427 g/mol. The van der Waals surface area contributed by atoms with Crippen LogP contribution in [0, 0.1) is 5.82 Å². The number of aromatic nitrogens is 4. The minimum absolute atomic E-state index is 0.0237. The van der Waals surface area contributed by atoms with Crippen molar-refractivity contribution in [1.29, 1.82) is 0 Å². The monoisotopic (exact) mass is 427 g/mol. The lowest BCUT2D eigenvalue weighted by Crippen LogP contribution is -2.42. The fourth-order valence-corrected chi connectivity index (χ4v) is 4.24. The second kappa shape index (κ2) is 8.54. The third-order valence-corrected chi connectivity index (χ3v) is 6.10. The molecule has 2 atom stereocenters. The van der Waals surface area contributed by atoms with Gasteiger partial charge in [-0.25, -0.2) is 9.37 Å². The molecule has 4 rings (SSSR count). The molecule has 0 fully saturated rings. The highest BCUT2D eigenvalue weighted by Crippen LogP contribution is 2.23. The van der Waals surface area contributed by atoms with E-state index in [1.165, 1.54) is 29.3 Å². The molecule has 0 aliphatic carbocycles. The predicted octanol–water partition coefficient (Wildman–Crippen LogP) is 2.31. The molecule has 154 valence electrons. The first-order chi connectivity index (χ1) is 14.5. The molecule has 0 saturated carbocycles. The molecule has 3 heterocycles. The molecule has 3 aromatic rings. The van der Waals surface area contributed by atoms with Crippen molar-refractivity contribution in [3.05, 3.63) is 77.5 Å². The summed E-state index contributed by atoms with van der Waals surface area (Å²) < 4.78 is 31.1. The molecule has 1 amide bonds. The fourth-order valence-electron chi connectivity index (χ4n) is 3.01. The Morgan fingerprint density at radius 1 is 1.23 bits per heavy atom. The van der Waals surface area contributed by atoms with Gasteiger partial charge in [-0.3, -0.25) is 9.00 Å². The van der Waals surface area contributed by atoms with Gasteiger partial charge in [-0.2, -0.15) is 15.0 Å². The largest absolute Gasteiger partial charge is 0.472 e. The van der Waals surface area contributed by atoms with Crippen molar-refractivity contribution in [3.8, 4) is 11.6 Å². The van der Waals surface area contributed by atoms with Crippen LogP contribution in [0.4, 0.5) is 4.39 Å². The molecule has 8 nitrogen and oxygen atoms in total. The molecule has 10 heteroatoms. The van der Waals surface area contributed by atoms with Gasteiger partial charge in [0.25, 0.3) is 5.91 Å². The molecule has 30 heavy (non-hydrogen) atoms. The van der Waals surface area contributed by atoms with Crippen molar-refractivity contribution in [3.63, 3.8) is 0 Å². The number of hydrogen-bond donors (Lipinski definition) is 0. The highest BCUT2D eigenvalue weighted by molar-refractivity contribution is 7.89. The smallest absolute Gasteiger partial charge is 0.260 e. The zero-order valence-corrected chi connectivity index (χ0v) is 16.8. The standard InChI is InChI=1S/C20H18FN5O3S/c1-14-13-30(28)16(12-29-19-7-6-15(21)10-22-19)11-25(14)20(27)17-4-2-3-5-18(17)26-23-8-9-24-26/h2-11,14H,12-13H2,1H3.